The molecule has 2 saturated heterocycles. The summed E-state index contributed by atoms with van der Waals surface area (Å²) >= 11 is 0. The number of alkyl halides is 3. The van der Waals surface area contributed by atoms with Crippen LogP contribution in [0, 0.1) is 5.92 Å². The van der Waals surface area contributed by atoms with Crippen molar-refractivity contribution in [1.82, 2.24) is 10.2 Å². The summed E-state index contributed by atoms with van der Waals surface area (Å²) in [5.74, 6) is -0.0669. The molecule has 0 aromatic heterocycles. The van der Waals surface area contributed by atoms with E-state index in [1.165, 1.54) is 18.6 Å². The van der Waals surface area contributed by atoms with Crippen molar-refractivity contribution in [2.24, 2.45) is 5.92 Å². The largest absolute Gasteiger partial charge is 0.416 e. The van der Waals surface area contributed by atoms with Gasteiger partial charge in [-0.2, -0.15) is 13.2 Å². The van der Waals surface area contributed by atoms with Crippen molar-refractivity contribution in [2.45, 2.75) is 56.5 Å². The molecule has 7 heteroatoms. The maximum Gasteiger partial charge on any atom is 0.416 e. The third-order valence-electron chi connectivity index (χ3n) is 6.16. The molecule has 3 fully saturated rings. The van der Waals surface area contributed by atoms with Crippen LogP contribution in [-0.4, -0.2) is 48.7 Å². The summed E-state index contributed by atoms with van der Waals surface area (Å²) in [5, 5.41) is 3.03. The Balaban J connectivity index is 1.44. The van der Waals surface area contributed by atoms with E-state index in [0.717, 1.165) is 38.4 Å². The smallest absolute Gasteiger partial charge is 0.376 e. The van der Waals surface area contributed by atoms with Gasteiger partial charge in [0.1, 0.15) is 0 Å². The average molecular weight is 382 g/mol. The van der Waals surface area contributed by atoms with E-state index in [9.17, 15) is 18.0 Å². The Labute approximate surface area is 157 Å². The molecule has 27 heavy (non-hydrogen) atoms. The summed E-state index contributed by atoms with van der Waals surface area (Å²) in [5.41, 5.74) is -0.709. The van der Waals surface area contributed by atoms with Gasteiger partial charge in [0.25, 0.3) is 0 Å². The predicted octanol–water partition coefficient (Wildman–Crippen LogP) is 3.01. The van der Waals surface area contributed by atoms with Crippen molar-refractivity contribution in [3.05, 3.63) is 35.4 Å². The number of ether oxygens (including phenoxy) is 1. The molecule has 0 bridgehead atoms. The normalized spacial score (nSPS) is 31.2. The monoisotopic (exact) mass is 382 g/mol. The molecule has 1 amide bonds. The Bertz CT molecular complexity index is 688. The zero-order valence-electron chi connectivity index (χ0n) is 15.2. The fourth-order valence-corrected chi connectivity index (χ4v) is 4.88. The van der Waals surface area contributed by atoms with Crippen LogP contribution in [0.1, 0.15) is 36.8 Å². The standard InChI is InChI=1S/C20H25F3N2O2/c21-20(22,23)15-7-3-2-6-13(15)12-16(26)24-17-14-8-11-27-19(14)18(17)25-9-4-1-5-10-25/h2-3,6-7,14,17-19H,1,4-5,8-12H2,(H,24,26)/t14-,17+,18-,19-/m1/s1. The summed E-state index contributed by atoms with van der Waals surface area (Å²) in [6, 6.07) is 5.43. The van der Waals surface area contributed by atoms with Crippen molar-refractivity contribution >= 4 is 5.91 Å². The Kier molecular flexibility index (Phi) is 5.16. The van der Waals surface area contributed by atoms with Gasteiger partial charge in [0, 0.05) is 12.5 Å². The molecule has 148 valence electrons. The van der Waals surface area contributed by atoms with E-state index in [0.29, 0.717) is 6.61 Å². The van der Waals surface area contributed by atoms with E-state index in [2.05, 4.69) is 10.2 Å². The van der Waals surface area contributed by atoms with Crippen molar-refractivity contribution in [3.8, 4) is 0 Å². The highest BCUT2D eigenvalue weighted by molar-refractivity contribution is 5.79. The number of rotatable bonds is 4. The van der Waals surface area contributed by atoms with Crippen LogP contribution in [0.4, 0.5) is 13.2 Å². The second kappa shape index (κ2) is 7.43. The number of carbonyl (C=O) groups excluding carboxylic acids is 1. The Morgan fingerprint density at radius 3 is 2.67 bits per heavy atom. The van der Waals surface area contributed by atoms with Gasteiger partial charge in [0.15, 0.2) is 0 Å². The number of fused-ring (bicyclic) bond motifs is 1. The van der Waals surface area contributed by atoms with Crippen molar-refractivity contribution in [1.29, 1.82) is 0 Å². The van der Waals surface area contributed by atoms with Crippen LogP contribution in [0.2, 0.25) is 0 Å². The van der Waals surface area contributed by atoms with Gasteiger partial charge in [-0.25, -0.2) is 0 Å². The predicted molar refractivity (Wildman–Crippen MR) is 94.1 cm³/mol. The Hall–Kier alpha value is -1.60. The summed E-state index contributed by atoms with van der Waals surface area (Å²) in [6.45, 7) is 2.70. The Morgan fingerprint density at radius 2 is 1.93 bits per heavy atom. The number of hydrogen-bond acceptors (Lipinski definition) is 3. The lowest BCUT2D eigenvalue weighted by molar-refractivity contribution is -0.138. The van der Waals surface area contributed by atoms with E-state index in [-0.39, 0.29) is 42.0 Å². The molecule has 3 aliphatic rings. The lowest BCUT2D eigenvalue weighted by atomic mass is 9.70. The van der Waals surface area contributed by atoms with Crippen LogP contribution in [0.3, 0.4) is 0 Å². The third kappa shape index (κ3) is 3.72. The molecule has 4 nitrogen and oxygen atoms in total. The quantitative estimate of drug-likeness (QED) is 0.871. The van der Waals surface area contributed by atoms with Crippen molar-refractivity contribution < 1.29 is 22.7 Å². The topological polar surface area (TPSA) is 41.6 Å². The molecule has 4 rings (SSSR count). The van der Waals surface area contributed by atoms with Gasteiger partial charge in [-0.3, -0.25) is 9.69 Å². The SMILES string of the molecule is O=C(Cc1ccccc1C(F)(F)F)N[C@H]1[C@H]2CCO[C@H]2[C@@H]1N1CCCCC1. The minimum absolute atomic E-state index is 0.0237. The molecule has 2 heterocycles. The highest BCUT2D eigenvalue weighted by atomic mass is 19.4. The third-order valence-corrected chi connectivity index (χ3v) is 6.16. The van der Waals surface area contributed by atoms with Gasteiger partial charge in [-0.1, -0.05) is 24.6 Å². The average Bonchev–Trinajstić information content (AvgIpc) is 3.04. The minimum atomic E-state index is -4.45. The fraction of sp³-hybridized carbons (Fsp3) is 0.650. The number of benzene rings is 1. The van der Waals surface area contributed by atoms with E-state index < -0.39 is 11.7 Å². The summed E-state index contributed by atoms with van der Waals surface area (Å²) in [4.78, 5) is 15.0. The number of hydrogen-bond donors (Lipinski definition) is 1. The van der Waals surface area contributed by atoms with Crippen LogP contribution in [0.15, 0.2) is 24.3 Å². The minimum Gasteiger partial charge on any atom is -0.376 e. The maximum absolute atomic E-state index is 13.2. The number of carbonyl (C=O) groups is 1. The van der Waals surface area contributed by atoms with E-state index in [1.54, 1.807) is 6.07 Å². The maximum atomic E-state index is 13.2. The van der Waals surface area contributed by atoms with Gasteiger partial charge in [0.2, 0.25) is 5.91 Å². The highest BCUT2D eigenvalue weighted by Gasteiger charge is 2.56. The van der Waals surface area contributed by atoms with Crippen LogP contribution >= 0.6 is 0 Å². The van der Waals surface area contributed by atoms with Crippen LogP contribution in [-0.2, 0) is 22.1 Å². The lowest BCUT2D eigenvalue weighted by Crippen LogP contribution is -2.71. The molecule has 1 saturated carbocycles. The summed E-state index contributed by atoms with van der Waals surface area (Å²) in [6.07, 6.45) is -0.134. The molecular formula is C20H25F3N2O2. The van der Waals surface area contributed by atoms with Gasteiger partial charge in [-0.05, 0) is 44.0 Å². The van der Waals surface area contributed by atoms with Crippen LogP contribution < -0.4 is 5.32 Å². The first-order valence-electron chi connectivity index (χ1n) is 9.75. The molecule has 0 spiro atoms. The van der Waals surface area contributed by atoms with Gasteiger partial charge >= 0.3 is 6.18 Å². The molecule has 1 aliphatic carbocycles. The zero-order chi connectivity index (χ0) is 19.0. The fourth-order valence-electron chi connectivity index (χ4n) is 4.88. The van der Waals surface area contributed by atoms with E-state index in [1.807, 2.05) is 0 Å². The molecular weight excluding hydrogens is 357 g/mol. The molecule has 1 aromatic rings. The van der Waals surface area contributed by atoms with Crippen molar-refractivity contribution in [2.75, 3.05) is 19.7 Å². The molecule has 2 aliphatic heterocycles. The molecule has 1 aromatic carbocycles. The first-order chi connectivity index (χ1) is 12.9. The van der Waals surface area contributed by atoms with E-state index >= 15 is 0 Å². The first-order valence-corrected chi connectivity index (χ1v) is 9.75. The second-order valence-electron chi connectivity index (χ2n) is 7.80. The van der Waals surface area contributed by atoms with Gasteiger partial charge in [-0.15, -0.1) is 0 Å². The number of amides is 1. The van der Waals surface area contributed by atoms with Gasteiger partial charge in [0.05, 0.1) is 30.2 Å². The zero-order valence-corrected chi connectivity index (χ0v) is 15.2. The second-order valence-corrected chi connectivity index (χ2v) is 7.80. The number of nitrogens with one attached hydrogen (secondary N) is 1. The molecule has 4 atom stereocenters. The number of likely N-dealkylation sites (tertiary alicyclic amines) is 1. The lowest BCUT2D eigenvalue weighted by Gasteiger charge is -2.53. The molecule has 0 unspecified atom stereocenters. The first kappa shape index (κ1) is 18.7. The Morgan fingerprint density at radius 1 is 1.19 bits per heavy atom. The van der Waals surface area contributed by atoms with Gasteiger partial charge < -0.3 is 10.1 Å². The number of halogens is 3. The van der Waals surface area contributed by atoms with Crippen LogP contribution in [0.25, 0.3) is 0 Å². The highest BCUT2D eigenvalue weighted by Crippen LogP contribution is 2.42. The number of nitrogens with zero attached hydrogens (tertiary/aromatic N) is 1. The molecule has 1 N–H and O–H groups in total. The summed E-state index contributed by atoms with van der Waals surface area (Å²) in [7, 11) is 0. The van der Waals surface area contributed by atoms with Crippen molar-refractivity contribution in [3.63, 3.8) is 0 Å². The molecule has 0 radical (unpaired) electrons. The van der Waals surface area contributed by atoms with E-state index in [4.69, 9.17) is 4.74 Å². The van der Waals surface area contributed by atoms with Crippen LogP contribution in [0.5, 0.6) is 0 Å². The number of piperidine rings is 1. The summed E-state index contributed by atoms with van der Waals surface area (Å²) < 4.78 is 45.4.